The first-order valence-corrected chi connectivity index (χ1v) is 6.71. The Morgan fingerprint density at radius 2 is 2.06 bits per heavy atom. The summed E-state index contributed by atoms with van der Waals surface area (Å²) in [5.41, 5.74) is 0.950. The molecule has 4 heteroatoms. The highest BCUT2D eigenvalue weighted by Crippen LogP contribution is 2.23. The van der Waals surface area contributed by atoms with Crippen LogP contribution < -0.4 is 5.32 Å². The number of halogens is 2. The third kappa shape index (κ3) is 5.34. The Balaban J connectivity index is 2.34. The van der Waals surface area contributed by atoms with Gasteiger partial charge in [0, 0.05) is 11.1 Å². The summed E-state index contributed by atoms with van der Waals surface area (Å²) in [6, 6.07) is 4.71. The lowest BCUT2D eigenvalue weighted by Crippen LogP contribution is -2.21. The molecule has 0 bridgehead atoms. The third-order valence-corrected chi connectivity index (χ3v) is 3.24. The minimum Gasteiger partial charge on any atom is -0.310 e. The molecular formula is C14H22ClFN2. The van der Waals surface area contributed by atoms with E-state index in [4.69, 9.17) is 11.6 Å². The molecule has 0 heterocycles. The average molecular weight is 273 g/mol. The van der Waals surface area contributed by atoms with Gasteiger partial charge in [-0.15, -0.1) is 0 Å². The van der Waals surface area contributed by atoms with Crippen LogP contribution in [0, 0.1) is 5.82 Å². The normalized spacial score (nSPS) is 13.0. The Bertz CT molecular complexity index is 369. The van der Waals surface area contributed by atoms with Crippen molar-refractivity contribution in [2.45, 2.75) is 25.8 Å². The van der Waals surface area contributed by atoms with Crippen molar-refractivity contribution in [1.29, 1.82) is 0 Å². The summed E-state index contributed by atoms with van der Waals surface area (Å²) < 4.78 is 12.9. The predicted molar refractivity (Wildman–Crippen MR) is 75.6 cm³/mol. The van der Waals surface area contributed by atoms with Gasteiger partial charge in [-0.1, -0.05) is 17.7 Å². The van der Waals surface area contributed by atoms with Crippen LogP contribution >= 0.6 is 11.6 Å². The molecule has 102 valence electrons. The molecule has 1 aromatic rings. The molecule has 1 rings (SSSR count). The molecule has 0 aromatic heterocycles. The lowest BCUT2D eigenvalue weighted by atomic mass is 10.1. The summed E-state index contributed by atoms with van der Waals surface area (Å²) in [6.07, 6.45) is 2.30. The van der Waals surface area contributed by atoms with Crippen LogP contribution in [-0.2, 0) is 0 Å². The molecule has 0 fully saturated rings. The van der Waals surface area contributed by atoms with Gasteiger partial charge in [-0.05, 0) is 64.6 Å². The van der Waals surface area contributed by atoms with Crippen molar-refractivity contribution in [3.8, 4) is 0 Å². The maximum absolute atomic E-state index is 12.9. The Labute approximate surface area is 114 Å². The molecule has 1 aromatic carbocycles. The van der Waals surface area contributed by atoms with Gasteiger partial charge in [0.2, 0.25) is 0 Å². The molecule has 18 heavy (non-hydrogen) atoms. The van der Waals surface area contributed by atoms with E-state index < -0.39 is 0 Å². The summed E-state index contributed by atoms with van der Waals surface area (Å²) in [5, 5.41) is 3.90. The van der Waals surface area contributed by atoms with E-state index in [1.54, 1.807) is 6.07 Å². The summed E-state index contributed by atoms with van der Waals surface area (Å²) in [4.78, 5) is 2.18. The number of nitrogens with one attached hydrogen (secondary N) is 1. The van der Waals surface area contributed by atoms with Crippen LogP contribution in [0.3, 0.4) is 0 Å². The van der Waals surface area contributed by atoms with Crippen molar-refractivity contribution in [2.75, 3.05) is 27.2 Å². The summed E-state index contributed by atoms with van der Waals surface area (Å²) in [5.74, 6) is -0.290. The number of benzene rings is 1. The second-order valence-corrected chi connectivity index (χ2v) is 5.26. The fourth-order valence-corrected chi connectivity index (χ4v) is 2.17. The van der Waals surface area contributed by atoms with Gasteiger partial charge in [-0.2, -0.15) is 0 Å². The first-order chi connectivity index (χ1) is 8.50. The largest absolute Gasteiger partial charge is 0.310 e. The standard InChI is InChI=1S/C14H22ClFN2/c1-11(17-8-4-5-9-18(2)3)13-7-6-12(16)10-14(13)15/h6-7,10-11,17H,4-5,8-9H2,1-3H3. The molecule has 0 aliphatic carbocycles. The van der Waals surface area contributed by atoms with Crippen molar-refractivity contribution in [3.63, 3.8) is 0 Å². The average Bonchev–Trinajstić information content (AvgIpc) is 2.27. The topological polar surface area (TPSA) is 15.3 Å². The van der Waals surface area contributed by atoms with Crippen molar-refractivity contribution in [2.24, 2.45) is 0 Å². The van der Waals surface area contributed by atoms with Crippen LogP contribution in [0.25, 0.3) is 0 Å². The van der Waals surface area contributed by atoms with Gasteiger partial charge in [0.05, 0.1) is 0 Å². The van der Waals surface area contributed by atoms with E-state index in [9.17, 15) is 4.39 Å². The predicted octanol–water partition coefficient (Wildman–Crippen LogP) is 3.47. The number of unbranched alkanes of at least 4 members (excludes halogenated alkanes) is 1. The number of rotatable bonds is 7. The lowest BCUT2D eigenvalue weighted by molar-refractivity contribution is 0.389. The van der Waals surface area contributed by atoms with Crippen molar-refractivity contribution in [3.05, 3.63) is 34.6 Å². The highest BCUT2D eigenvalue weighted by Gasteiger charge is 2.09. The van der Waals surface area contributed by atoms with Gasteiger partial charge < -0.3 is 10.2 Å². The maximum atomic E-state index is 12.9. The second-order valence-electron chi connectivity index (χ2n) is 4.85. The van der Waals surface area contributed by atoms with Gasteiger partial charge in [0.25, 0.3) is 0 Å². The highest BCUT2D eigenvalue weighted by atomic mass is 35.5. The van der Waals surface area contributed by atoms with Crippen LogP contribution in [0.2, 0.25) is 5.02 Å². The molecule has 0 saturated carbocycles. The van der Waals surface area contributed by atoms with Gasteiger partial charge in [-0.25, -0.2) is 4.39 Å². The van der Waals surface area contributed by atoms with E-state index >= 15 is 0 Å². The van der Waals surface area contributed by atoms with E-state index in [-0.39, 0.29) is 11.9 Å². The molecule has 0 aliphatic heterocycles. The van der Waals surface area contributed by atoms with Crippen LogP contribution in [0.15, 0.2) is 18.2 Å². The van der Waals surface area contributed by atoms with Crippen LogP contribution in [0.5, 0.6) is 0 Å². The maximum Gasteiger partial charge on any atom is 0.124 e. The first-order valence-electron chi connectivity index (χ1n) is 6.33. The van der Waals surface area contributed by atoms with E-state index in [1.807, 2.05) is 6.92 Å². The molecule has 0 amide bonds. The molecule has 0 spiro atoms. The molecule has 1 unspecified atom stereocenters. The fraction of sp³-hybridized carbons (Fsp3) is 0.571. The van der Waals surface area contributed by atoms with Gasteiger partial charge in [0.1, 0.15) is 5.82 Å². The molecule has 0 radical (unpaired) electrons. The Hall–Kier alpha value is -0.640. The third-order valence-electron chi connectivity index (χ3n) is 2.91. The molecule has 1 atom stereocenters. The van der Waals surface area contributed by atoms with Crippen LogP contribution in [0.1, 0.15) is 31.4 Å². The van der Waals surface area contributed by atoms with Crippen molar-refractivity contribution >= 4 is 11.6 Å². The Morgan fingerprint density at radius 3 is 2.67 bits per heavy atom. The Kier molecular flexibility index (Phi) is 6.61. The zero-order chi connectivity index (χ0) is 13.5. The smallest absolute Gasteiger partial charge is 0.124 e. The SMILES string of the molecule is CC(NCCCCN(C)C)c1ccc(F)cc1Cl. The van der Waals surface area contributed by atoms with E-state index in [1.165, 1.54) is 18.6 Å². The first kappa shape index (κ1) is 15.4. The van der Waals surface area contributed by atoms with E-state index in [0.29, 0.717) is 5.02 Å². The van der Waals surface area contributed by atoms with E-state index in [2.05, 4.69) is 24.3 Å². The molecule has 1 N–H and O–H groups in total. The minimum atomic E-state index is -0.290. The van der Waals surface area contributed by atoms with Gasteiger partial charge in [0.15, 0.2) is 0 Å². The summed E-state index contributed by atoms with van der Waals surface area (Å²) in [7, 11) is 4.16. The Morgan fingerprint density at radius 1 is 1.33 bits per heavy atom. The zero-order valence-corrected chi connectivity index (χ0v) is 12.1. The van der Waals surface area contributed by atoms with Crippen LogP contribution in [0.4, 0.5) is 4.39 Å². The zero-order valence-electron chi connectivity index (χ0n) is 11.3. The summed E-state index contributed by atoms with van der Waals surface area (Å²) >= 11 is 6.02. The fourth-order valence-electron chi connectivity index (χ4n) is 1.83. The number of nitrogens with zero attached hydrogens (tertiary/aromatic N) is 1. The van der Waals surface area contributed by atoms with E-state index in [0.717, 1.165) is 25.1 Å². The molecule has 2 nitrogen and oxygen atoms in total. The van der Waals surface area contributed by atoms with Crippen molar-refractivity contribution in [1.82, 2.24) is 10.2 Å². The monoisotopic (exact) mass is 272 g/mol. The van der Waals surface area contributed by atoms with Crippen molar-refractivity contribution < 1.29 is 4.39 Å². The number of hydrogen-bond acceptors (Lipinski definition) is 2. The van der Waals surface area contributed by atoms with Gasteiger partial charge >= 0.3 is 0 Å². The second kappa shape index (κ2) is 7.72. The minimum absolute atomic E-state index is 0.150. The highest BCUT2D eigenvalue weighted by molar-refractivity contribution is 6.31. The molecular weight excluding hydrogens is 251 g/mol. The quantitative estimate of drug-likeness (QED) is 0.765. The molecule has 0 saturated heterocycles. The molecule has 0 aliphatic rings. The van der Waals surface area contributed by atoms with Crippen LogP contribution in [-0.4, -0.2) is 32.1 Å². The lowest BCUT2D eigenvalue weighted by Gasteiger charge is -2.16. The van der Waals surface area contributed by atoms with Gasteiger partial charge in [-0.3, -0.25) is 0 Å². The summed E-state index contributed by atoms with van der Waals surface area (Å²) in [6.45, 7) is 4.10. The number of hydrogen-bond donors (Lipinski definition) is 1.